The molecule has 14 aromatic carbocycles. The van der Waals surface area contributed by atoms with Gasteiger partial charge in [-0.3, -0.25) is 0 Å². The maximum Gasteiger partial charge on any atom is 0.0541 e. The Balaban J connectivity index is 0.886. The van der Waals surface area contributed by atoms with Gasteiger partial charge in [0, 0.05) is 33.5 Å². The summed E-state index contributed by atoms with van der Waals surface area (Å²) in [7, 11) is 0. The van der Waals surface area contributed by atoms with Gasteiger partial charge >= 0.3 is 0 Å². The van der Waals surface area contributed by atoms with Crippen LogP contribution in [-0.4, -0.2) is 4.57 Å². The number of aromatic nitrogens is 1. The number of anilines is 3. The van der Waals surface area contributed by atoms with Crippen molar-refractivity contribution in [3.8, 4) is 50.2 Å². The topological polar surface area (TPSA) is 8.17 Å². The quantitative estimate of drug-likeness (QED) is 0.138. The number of hydrogen-bond donors (Lipinski definition) is 0. The molecule has 0 spiro atoms. The largest absolute Gasteiger partial charge is 0.311 e. The summed E-state index contributed by atoms with van der Waals surface area (Å²) < 4.78 is 2.48. The SMILES string of the molecule is c1ccc(-c2ccc(N(c3ccc(-c4ccccc4)cc3)c3ccc(-c4ccc5c(c4)c4cc(-c6cc7ccccc7c7ccccc67)ccc4n5-c4ccc5c6ccccc6c6ccccc6c5c4)cc3)cc2)cc1. The van der Waals surface area contributed by atoms with Crippen LogP contribution in [0.5, 0.6) is 0 Å². The van der Waals surface area contributed by atoms with Crippen LogP contribution < -0.4 is 4.90 Å². The lowest BCUT2D eigenvalue weighted by Crippen LogP contribution is -2.09. The third-order valence-corrected chi connectivity index (χ3v) is 15.8. The van der Waals surface area contributed by atoms with Crippen molar-refractivity contribution in [2.45, 2.75) is 0 Å². The highest BCUT2D eigenvalue weighted by Gasteiger charge is 2.19. The average Bonchev–Trinajstić information content (AvgIpc) is 3.91. The van der Waals surface area contributed by atoms with Crippen molar-refractivity contribution >= 4 is 92.7 Å². The molecule has 0 aliphatic rings. The summed E-state index contributed by atoms with van der Waals surface area (Å²) in [4.78, 5) is 2.36. The van der Waals surface area contributed by atoms with Gasteiger partial charge in [-0.15, -0.1) is 0 Å². The molecule has 0 bridgehead atoms. The Morgan fingerprint density at radius 1 is 0.211 bits per heavy atom. The normalized spacial score (nSPS) is 11.7. The van der Waals surface area contributed by atoms with Crippen LogP contribution in [0.1, 0.15) is 0 Å². The Hall–Kier alpha value is -10.0. The Labute approximate surface area is 441 Å². The molecule has 1 aromatic heterocycles. The van der Waals surface area contributed by atoms with Crippen LogP contribution in [0, 0.1) is 0 Å². The number of rotatable bonds is 8. The van der Waals surface area contributed by atoms with Crippen molar-refractivity contribution in [1.82, 2.24) is 4.57 Å². The van der Waals surface area contributed by atoms with Crippen LogP contribution >= 0.6 is 0 Å². The van der Waals surface area contributed by atoms with Crippen LogP contribution in [0.15, 0.2) is 291 Å². The molecule has 0 radical (unpaired) electrons. The van der Waals surface area contributed by atoms with E-state index < -0.39 is 0 Å². The second kappa shape index (κ2) is 17.9. The van der Waals surface area contributed by atoms with Crippen molar-refractivity contribution < 1.29 is 0 Å². The van der Waals surface area contributed by atoms with Crippen LogP contribution in [0.3, 0.4) is 0 Å². The first-order chi connectivity index (χ1) is 37.7. The van der Waals surface area contributed by atoms with Gasteiger partial charge in [-0.1, -0.05) is 212 Å². The van der Waals surface area contributed by atoms with E-state index >= 15 is 0 Å². The molecular weight excluding hydrogens is 917 g/mol. The lowest BCUT2D eigenvalue weighted by Gasteiger charge is -2.26. The highest BCUT2D eigenvalue weighted by atomic mass is 15.1. The first-order valence-corrected chi connectivity index (χ1v) is 26.2. The minimum absolute atomic E-state index is 1.09. The molecule has 0 N–H and O–H groups in total. The zero-order valence-electron chi connectivity index (χ0n) is 41.6. The van der Waals surface area contributed by atoms with Gasteiger partial charge in [-0.25, -0.2) is 0 Å². The number of benzene rings is 14. The molecular formula is C74H48N2. The highest BCUT2D eigenvalue weighted by molar-refractivity contribution is 6.26. The Kier molecular flexibility index (Phi) is 10.2. The molecule has 0 unspecified atom stereocenters. The van der Waals surface area contributed by atoms with Crippen molar-refractivity contribution in [3.63, 3.8) is 0 Å². The monoisotopic (exact) mass is 964 g/mol. The fourth-order valence-electron chi connectivity index (χ4n) is 12.1. The molecule has 0 atom stereocenters. The molecule has 0 fully saturated rings. The zero-order chi connectivity index (χ0) is 50.1. The molecule has 15 aromatic rings. The molecule has 0 saturated heterocycles. The summed E-state index contributed by atoms with van der Waals surface area (Å²) in [6, 6.07) is 107. The van der Waals surface area contributed by atoms with Crippen molar-refractivity contribution in [1.29, 1.82) is 0 Å². The summed E-state index contributed by atoms with van der Waals surface area (Å²) in [6.45, 7) is 0. The zero-order valence-corrected chi connectivity index (χ0v) is 41.6. The van der Waals surface area contributed by atoms with Gasteiger partial charge in [-0.05, 0) is 177 Å². The predicted octanol–water partition coefficient (Wildman–Crippen LogP) is 20.7. The molecule has 0 aliphatic carbocycles. The van der Waals surface area contributed by atoms with E-state index in [2.05, 4.69) is 301 Å². The molecule has 0 saturated carbocycles. The van der Waals surface area contributed by atoms with E-state index in [4.69, 9.17) is 0 Å². The standard InChI is InChI=1S/C74H48N2/c1-3-15-49(16-4-1)51-27-35-57(36-28-51)75(58-37-29-52(30-38-58)50-17-5-2-6-18-50)59-39-31-53(32-40-59)54-33-43-73-71(45-54)72-47-56(69-46-55-19-7-8-20-61(55)62-21-9-13-25-66(62)69)34-44-74(72)76(73)60-41-42-68-65-24-11-10-22-63(65)64-23-12-14-26-67(64)70(68)48-60/h1-48H. The van der Waals surface area contributed by atoms with Crippen LogP contribution in [0.25, 0.3) is 126 Å². The van der Waals surface area contributed by atoms with Gasteiger partial charge in [-0.2, -0.15) is 0 Å². The van der Waals surface area contributed by atoms with Gasteiger partial charge in [0.05, 0.1) is 11.0 Å². The van der Waals surface area contributed by atoms with Gasteiger partial charge in [0.15, 0.2) is 0 Å². The van der Waals surface area contributed by atoms with Crippen LogP contribution in [0.4, 0.5) is 17.1 Å². The molecule has 2 nitrogen and oxygen atoms in total. The molecule has 0 aliphatic heterocycles. The molecule has 354 valence electrons. The maximum absolute atomic E-state index is 2.48. The van der Waals surface area contributed by atoms with E-state index in [0.29, 0.717) is 0 Å². The Bertz CT molecular complexity index is 4590. The fraction of sp³-hybridized carbons (Fsp3) is 0. The van der Waals surface area contributed by atoms with Gasteiger partial charge in [0.25, 0.3) is 0 Å². The summed E-state index contributed by atoms with van der Waals surface area (Å²) in [5.41, 5.74) is 16.3. The molecule has 2 heteroatoms. The minimum atomic E-state index is 1.09. The van der Waals surface area contributed by atoms with E-state index in [1.165, 1.54) is 115 Å². The van der Waals surface area contributed by atoms with Crippen molar-refractivity contribution in [2.75, 3.05) is 4.90 Å². The molecule has 1 heterocycles. The summed E-state index contributed by atoms with van der Waals surface area (Å²) in [6.07, 6.45) is 0. The summed E-state index contributed by atoms with van der Waals surface area (Å²) in [5, 5.41) is 15.1. The molecule has 15 rings (SSSR count). The van der Waals surface area contributed by atoms with E-state index in [1.54, 1.807) is 0 Å². The average molecular weight is 965 g/mol. The molecule has 76 heavy (non-hydrogen) atoms. The van der Waals surface area contributed by atoms with Gasteiger partial charge < -0.3 is 9.47 Å². The summed E-state index contributed by atoms with van der Waals surface area (Å²) in [5.74, 6) is 0. The smallest absolute Gasteiger partial charge is 0.0541 e. The number of nitrogens with zero attached hydrogens (tertiary/aromatic N) is 2. The van der Waals surface area contributed by atoms with Gasteiger partial charge in [0.2, 0.25) is 0 Å². The first-order valence-electron chi connectivity index (χ1n) is 26.2. The number of fused-ring (bicyclic) bond motifs is 12. The molecule has 0 amide bonds. The predicted molar refractivity (Wildman–Crippen MR) is 325 cm³/mol. The Morgan fingerprint density at radius 3 is 1.11 bits per heavy atom. The van der Waals surface area contributed by atoms with Crippen LogP contribution in [0.2, 0.25) is 0 Å². The minimum Gasteiger partial charge on any atom is -0.311 e. The maximum atomic E-state index is 2.48. The second-order valence-corrected chi connectivity index (χ2v) is 20.0. The number of hydrogen-bond acceptors (Lipinski definition) is 1. The van der Waals surface area contributed by atoms with E-state index in [-0.39, 0.29) is 0 Å². The van der Waals surface area contributed by atoms with E-state index in [1.807, 2.05) is 0 Å². The summed E-state index contributed by atoms with van der Waals surface area (Å²) >= 11 is 0. The third-order valence-electron chi connectivity index (χ3n) is 15.8. The lowest BCUT2D eigenvalue weighted by atomic mass is 9.92. The van der Waals surface area contributed by atoms with E-state index in [9.17, 15) is 0 Å². The van der Waals surface area contributed by atoms with Crippen molar-refractivity contribution in [2.24, 2.45) is 0 Å². The van der Waals surface area contributed by atoms with Crippen LogP contribution in [-0.2, 0) is 0 Å². The lowest BCUT2D eigenvalue weighted by molar-refractivity contribution is 1.19. The highest BCUT2D eigenvalue weighted by Crippen LogP contribution is 2.44. The fourth-order valence-corrected chi connectivity index (χ4v) is 12.1. The third kappa shape index (κ3) is 7.26. The van der Waals surface area contributed by atoms with Crippen molar-refractivity contribution in [3.05, 3.63) is 291 Å². The Morgan fingerprint density at radius 2 is 0.579 bits per heavy atom. The second-order valence-electron chi connectivity index (χ2n) is 20.0. The first kappa shape index (κ1) is 43.6. The van der Waals surface area contributed by atoms with Gasteiger partial charge in [0.1, 0.15) is 0 Å². The van der Waals surface area contributed by atoms with E-state index in [0.717, 1.165) is 28.3 Å².